The van der Waals surface area contributed by atoms with E-state index in [2.05, 4.69) is 31.2 Å². The van der Waals surface area contributed by atoms with Crippen LogP contribution in [-0.4, -0.2) is 30.0 Å². The molecule has 1 amide bonds. The summed E-state index contributed by atoms with van der Waals surface area (Å²) in [5.41, 5.74) is 2.02. The second-order valence-corrected chi connectivity index (χ2v) is 9.71. The van der Waals surface area contributed by atoms with Crippen LogP contribution in [0.4, 0.5) is 5.69 Å². The lowest BCUT2D eigenvalue weighted by Crippen LogP contribution is -2.24. The molecule has 3 rings (SSSR count). The van der Waals surface area contributed by atoms with Gasteiger partial charge in [-0.3, -0.25) is 9.59 Å². The lowest BCUT2D eigenvalue weighted by molar-refractivity contribution is -0.113. The van der Waals surface area contributed by atoms with Crippen molar-refractivity contribution >= 4 is 37.4 Å². The number of hydrogen-bond acceptors (Lipinski definition) is 5. The van der Waals surface area contributed by atoms with Crippen molar-refractivity contribution < 1.29 is 13.2 Å². The van der Waals surface area contributed by atoms with Gasteiger partial charge in [0.1, 0.15) is 11.6 Å². The van der Waals surface area contributed by atoms with Crippen molar-refractivity contribution in [1.82, 2.24) is 9.97 Å². The third-order valence-corrected chi connectivity index (χ3v) is 6.17. The highest BCUT2D eigenvalue weighted by Gasteiger charge is 2.18. The number of benzene rings is 2. The molecule has 0 bridgehead atoms. The Balaban J connectivity index is 1.72. The van der Waals surface area contributed by atoms with E-state index in [4.69, 9.17) is 0 Å². The number of carbonyl (C=O) groups is 1. The SMILES string of the molecule is CCc1cc(=O)[nH]c(-c2cccc(NC(=O)CS(=O)(=O)Cc3cccc(Br)c3)c2)n1. The molecule has 0 aliphatic carbocycles. The summed E-state index contributed by atoms with van der Waals surface area (Å²) >= 11 is 3.30. The third kappa shape index (κ3) is 6.11. The fourth-order valence-electron chi connectivity index (χ4n) is 2.90. The van der Waals surface area contributed by atoms with Crippen molar-refractivity contribution in [3.63, 3.8) is 0 Å². The molecule has 0 unspecified atom stereocenters. The molecule has 0 spiro atoms. The summed E-state index contributed by atoms with van der Waals surface area (Å²) in [6, 6.07) is 15.1. The van der Waals surface area contributed by atoms with Crippen LogP contribution in [0.1, 0.15) is 18.2 Å². The van der Waals surface area contributed by atoms with E-state index in [1.165, 1.54) is 6.07 Å². The summed E-state index contributed by atoms with van der Waals surface area (Å²) in [6.45, 7) is 1.90. The molecule has 0 radical (unpaired) electrons. The molecule has 3 aromatic rings. The van der Waals surface area contributed by atoms with Crippen LogP contribution in [0.5, 0.6) is 0 Å². The van der Waals surface area contributed by atoms with Crippen molar-refractivity contribution in [2.45, 2.75) is 19.1 Å². The van der Waals surface area contributed by atoms with Crippen LogP contribution in [-0.2, 0) is 26.8 Å². The van der Waals surface area contributed by atoms with Gasteiger partial charge in [-0.2, -0.15) is 0 Å². The van der Waals surface area contributed by atoms with E-state index < -0.39 is 21.5 Å². The molecule has 0 aliphatic heterocycles. The van der Waals surface area contributed by atoms with E-state index in [0.29, 0.717) is 34.8 Å². The van der Waals surface area contributed by atoms with Crippen LogP contribution in [0.25, 0.3) is 11.4 Å². The van der Waals surface area contributed by atoms with Crippen molar-refractivity contribution in [2.24, 2.45) is 0 Å². The smallest absolute Gasteiger partial charge is 0.251 e. The van der Waals surface area contributed by atoms with E-state index in [0.717, 1.165) is 4.47 Å². The van der Waals surface area contributed by atoms with Crippen LogP contribution in [0, 0.1) is 0 Å². The van der Waals surface area contributed by atoms with Gasteiger partial charge in [0.25, 0.3) is 5.56 Å². The molecule has 2 aromatic carbocycles. The minimum absolute atomic E-state index is 0.227. The summed E-state index contributed by atoms with van der Waals surface area (Å²) in [4.78, 5) is 31.2. The number of aromatic nitrogens is 2. The average molecular weight is 490 g/mol. The minimum Gasteiger partial charge on any atom is -0.325 e. The first-order valence-corrected chi connectivity index (χ1v) is 11.8. The zero-order valence-corrected chi connectivity index (χ0v) is 18.6. The molecular weight excluding hydrogens is 470 g/mol. The van der Waals surface area contributed by atoms with Gasteiger partial charge in [-0.05, 0) is 36.2 Å². The summed E-state index contributed by atoms with van der Waals surface area (Å²) in [7, 11) is -3.64. The molecule has 2 N–H and O–H groups in total. The average Bonchev–Trinajstić information content (AvgIpc) is 2.66. The predicted molar refractivity (Wildman–Crippen MR) is 120 cm³/mol. The van der Waals surface area contributed by atoms with Crippen molar-refractivity contribution in [1.29, 1.82) is 0 Å². The Kier molecular flexibility index (Phi) is 6.84. The minimum atomic E-state index is -3.64. The first-order chi connectivity index (χ1) is 14.2. The molecule has 0 fully saturated rings. The highest BCUT2D eigenvalue weighted by molar-refractivity contribution is 9.10. The number of nitrogens with one attached hydrogen (secondary N) is 2. The first-order valence-electron chi connectivity index (χ1n) is 9.19. The zero-order valence-electron chi connectivity index (χ0n) is 16.2. The Morgan fingerprint density at radius 2 is 1.90 bits per heavy atom. The van der Waals surface area contributed by atoms with Crippen LogP contribution >= 0.6 is 15.9 Å². The largest absolute Gasteiger partial charge is 0.325 e. The lowest BCUT2D eigenvalue weighted by atomic mass is 10.2. The monoisotopic (exact) mass is 489 g/mol. The molecular formula is C21H20BrN3O4S. The number of sulfone groups is 1. The number of carbonyl (C=O) groups excluding carboxylic acids is 1. The number of amides is 1. The Bertz CT molecular complexity index is 1240. The molecule has 0 saturated heterocycles. The summed E-state index contributed by atoms with van der Waals surface area (Å²) in [6.07, 6.45) is 0.614. The standard InChI is InChI=1S/C21H20BrN3O4S/c1-2-17-11-19(26)25-21(24-17)15-6-4-8-18(10-15)23-20(27)13-30(28,29)12-14-5-3-7-16(22)9-14/h3-11H,2,12-13H2,1H3,(H,23,27)(H,24,25,26). The number of H-pyrrole nitrogens is 1. The molecule has 0 atom stereocenters. The Morgan fingerprint density at radius 1 is 1.13 bits per heavy atom. The van der Waals surface area contributed by atoms with E-state index in [1.807, 2.05) is 6.92 Å². The van der Waals surface area contributed by atoms with Gasteiger partial charge in [-0.1, -0.05) is 47.1 Å². The van der Waals surface area contributed by atoms with E-state index in [-0.39, 0.29) is 11.3 Å². The van der Waals surface area contributed by atoms with Gasteiger partial charge in [-0.15, -0.1) is 0 Å². The number of halogens is 1. The van der Waals surface area contributed by atoms with E-state index >= 15 is 0 Å². The fourth-order valence-corrected chi connectivity index (χ4v) is 4.61. The maximum absolute atomic E-state index is 12.4. The van der Waals surface area contributed by atoms with Crippen LogP contribution in [0.3, 0.4) is 0 Å². The topological polar surface area (TPSA) is 109 Å². The normalized spacial score (nSPS) is 11.3. The van der Waals surface area contributed by atoms with E-state index in [1.54, 1.807) is 48.5 Å². The molecule has 156 valence electrons. The van der Waals surface area contributed by atoms with Crippen molar-refractivity contribution in [3.05, 3.63) is 80.7 Å². The second-order valence-electron chi connectivity index (χ2n) is 6.73. The maximum atomic E-state index is 12.4. The van der Waals surface area contributed by atoms with Gasteiger partial charge in [-0.25, -0.2) is 13.4 Å². The number of anilines is 1. The summed E-state index contributed by atoms with van der Waals surface area (Å²) in [5, 5.41) is 2.60. The van der Waals surface area contributed by atoms with Crippen molar-refractivity contribution in [3.8, 4) is 11.4 Å². The number of aryl methyl sites for hydroxylation is 1. The van der Waals surface area contributed by atoms with Gasteiger partial charge < -0.3 is 10.3 Å². The van der Waals surface area contributed by atoms with Gasteiger partial charge in [0.15, 0.2) is 9.84 Å². The number of nitrogens with zero attached hydrogens (tertiary/aromatic N) is 1. The Labute approximate surface area is 182 Å². The number of rotatable bonds is 7. The Hall–Kier alpha value is -2.78. The summed E-state index contributed by atoms with van der Waals surface area (Å²) in [5.74, 6) is -1.11. The summed E-state index contributed by atoms with van der Waals surface area (Å²) < 4.78 is 25.5. The second kappa shape index (κ2) is 9.36. The molecule has 1 heterocycles. The molecule has 7 nitrogen and oxygen atoms in total. The van der Waals surface area contributed by atoms with Gasteiger partial charge in [0.2, 0.25) is 5.91 Å². The third-order valence-electron chi connectivity index (χ3n) is 4.20. The molecule has 9 heteroatoms. The number of hydrogen-bond donors (Lipinski definition) is 2. The van der Waals surface area contributed by atoms with Crippen LogP contribution < -0.4 is 10.9 Å². The van der Waals surface area contributed by atoms with Gasteiger partial charge >= 0.3 is 0 Å². The first kappa shape index (κ1) is 21.9. The molecule has 1 aromatic heterocycles. The Morgan fingerprint density at radius 3 is 2.63 bits per heavy atom. The maximum Gasteiger partial charge on any atom is 0.251 e. The zero-order chi connectivity index (χ0) is 21.7. The van der Waals surface area contributed by atoms with E-state index in [9.17, 15) is 18.0 Å². The lowest BCUT2D eigenvalue weighted by Gasteiger charge is -2.09. The molecule has 30 heavy (non-hydrogen) atoms. The van der Waals surface area contributed by atoms with Gasteiger partial charge in [0.05, 0.1) is 5.75 Å². The molecule has 0 saturated carbocycles. The van der Waals surface area contributed by atoms with Crippen LogP contribution in [0.2, 0.25) is 0 Å². The highest BCUT2D eigenvalue weighted by Crippen LogP contribution is 2.19. The van der Waals surface area contributed by atoms with Gasteiger partial charge in [0, 0.05) is 27.5 Å². The fraction of sp³-hybridized carbons (Fsp3) is 0.190. The van der Waals surface area contributed by atoms with Crippen LogP contribution in [0.15, 0.2) is 63.9 Å². The quantitative estimate of drug-likeness (QED) is 0.528. The predicted octanol–water partition coefficient (Wildman–Crippen LogP) is 3.32. The molecule has 0 aliphatic rings. The number of aromatic amines is 1. The van der Waals surface area contributed by atoms with Crippen molar-refractivity contribution in [2.75, 3.05) is 11.1 Å². The highest BCUT2D eigenvalue weighted by atomic mass is 79.9.